The van der Waals surface area contributed by atoms with Crippen LogP contribution in [0.4, 0.5) is 10.2 Å². The minimum Gasteiger partial charge on any atom is -0.354 e. The Balaban J connectivity index is 2.24. The lowest BCUT2D eigenvalue weighted by Crippen LogP contribution is -2.53. The molecule has 0 amide bonds. The molecule has 18 heavy (non-hydrogen) atoms. The largest absolute Gasteiger partial charge is 0.354 e. The Bertz CT molecular complexity index is 448. The summed E-state index contributed by atoms with van der Waals surface area (Å²) in [5, 5.41) is 0. The molecule has 0 saturated carbocycles. The highest BCUT2D eigenvalue weighted by Gasteiger charge is 2.39. The zero-order valence-corrected chi connectivity index (χ0v) is 11.7. The van der Waals surface area contributed by atoms with Gasteiger partial charge < -0.3 is 4.90 Å². The molecule has 0 aliphatic carbocycles. The van der Waals surface area contributed by atoms with Crippen molar-refractivity contribution in [2.75, 3.05) is 23.7 Å². The average Bonchev–Trinajstić information content (AvgIpc) is 2.40. The first-order chi connectivity index (χ1) is 8.61. The lowest BCUT2D eigenvalue weighted by atomic mass is 10.0. The summed E-state index contributed by atoms with van der Waals surface area (Å²) in [5.74, 6) is 0.829. The molecule has 1 fully saturated rings. The molecule has 1 saturated heterocycles. The number of pyridine rings is 1. The first kappa shape index (κ1) is 13.5. The number of aromatic nitrogens is 1. The Hall–Kier alpha value is -0.970. The van der Waals surface area contributed by atoms with Crippen molar-refractivity contribution in [3.63, 3.8) is 0 Å². The van der Waals surface area contributed by atoms with Crippen LogP contribution in [-0.4, -0.2) is 32.8 Å². The van der Waals surface area contributed by atoms with Crippen molar-refractivity contribution < 1.29 is 8.60 Å². The topological polar surface area (TPSA) is 33.2 Å². The molecule has 1 unspecified atom stereocenters. The molecule has 0 bridgehead atoms. The summed E-state index contributed by atoms with van der Waals surface area (Å²) in [5.41, 5.74) is 0. The second-order valence-corrected chi connectivity index (χ2v) is 6.65. The summed E-state index contributed by atoms with van der Waals surface area (Å²) in [7, 11) is -0.800. The molecule has 0 radical (unpaired) electrons. The van der Waals surface area contributed by atoms with Crippen LogP contribution in [0.1, 0.15) is 26.7 Å². The predicted octanol–water partition coefficient (Wildman–Crippen LogP) is 2.35. The monoisotopic (exact) mass is 270 g/mol. The van der Waals surface area contributed by atoms with E-state index >= 15 is 0 Å². The fraction of sp³-hybridized carbons (Fsp3) is 0.615. The van der Waals surface area contributed by atoms with Gasteiger partial charge in [-0.3, -0.25) is 4.21 Å². The van der Waals surface area contributed by atoms with E-state index in [1.165, 1.54) is 6.07 Å². The van der Waals surface area contributed by atoms with Gasteiger partial charge in [-0.2, -0.15) is 4.39 Å². The molecule has 100 valence electrons. The molecule has 1 aliphatic rings. The van der Waals surface area contributed by atoms with E-state index in [0.29, 0.717) is 24.7 Å². The Morgan fingerprint density at radius 1 is 1.44 bits per heavy atom. The molecule has 0 spiro atoms. The van der Waals surface area contributed by atoms with Crippen LogP contribution in [0.2, 0.25) is 0 Å². The number of halogens is 1. The van der Waals surface area contributed by atoms with E-state index in [1.807, 2.05) is 6.07 Å². The molecule has 5 heteroatoms. The second kappa shape index (κ2) is 5.34. The molecule has 2 rings (SSSR count). The minimum atomic E-state index is -0.800. The van der Waals surface area contributed by atoms with Gasteiger partial charge in [0.1, 0.15) is 5.82 Å². The van der Waals surface area contributed by atoms with Gasteiger partial charge >= 0.3 is 0 Å². The van der Waals surface area contributed by atoms with Crippen LogP contribution in [0.25, 0.3) is 0 Å². The van der Waals surface area contributed by atoms with Crippen molar-refractivity contribution in [3.05, 3.63) is 24.1 Å². The summed E-state index contributed by atoms with van der Waals surface area (Å²) in [6.45, 7) is 5.53. The second-order valence-electron chi connectivity index (χ2n) is 4.68. The minimum absolute atomic E-state index is 0.174. The lowest BCUT2D eigenvalue weighted by molar-refractivity contribution is 0.492. The maximum Gasteiger partial charge on any atom is 0.214 e. The molecule has 1 aromatic rings. The average molecular weight is 270 g/mol. The third-order valence-electron chi connectivity index (χ3n) is 3.82. The summed E-state index contributed by atoms with van der Waals surface area (Å²) in [4.78, 5) is 5.97. The van der Waals surface area contributed by atoms with Crippen molar-refractivity contribution in [2.24, 2.45) is 0 Å². The predicted molar refractivity (Wildman–Crippen MR) is 72.7 cm³/mol. The third-order valence-corrected chi connectivity index (χ3v) is 6.05. The van der Waals surface area contributed by atoms with Gasteiger partial charge in [0, 0.05) is 29.6 Å². The van der Waals surface area contributed by atoms with Gasteiger partial charge in [-0.05, 0) is 25.0 Å². The van der Waals surface area contributed by atoms with Crippen LogP contribution in [-0.2, 0) is 10.8 Å². The van der Waals surface area contributed by atoms with Crippen LogP contribution in [0.3, 0.4) is 0 Å². The number of anilines is 1. The van der Waals surface area contributed by atoms with E-state index in [2.05, 4.69) is 23.7 Å². The highest BCUT2D eigenvalue weighted by atomic mass is 32.2. The molecular weight excluding hydrogens is 251 g/mol. The van der Waals surface area contributed by atoms with Crippen molar-refractivity contribution in [2.45, 2.75) is 31.4 Å². The highest BCUT2D eigenvalue weighted by molar-refractivity contribution is 7.86. The molecular formula is C13H19FN2OS. The number of hydrogen-bond acceptors (Lipinski definition) is 3. The van der Waals surface area contributed by atoms with Crippen molar-refractivity contribution in [1.29, 1.82) is 0 Å². The highest BCUT2D eigenvalue weighted by Crippen LogP contribution is 2.30. The molecule has 1 aromatic heterocycles. The van der Waals surface area contributed by atoms with E-state index < -0.39 is 16.7 Å². The Morgan fingerprint density at radius 2 is 2.17 bits per heavy atom. The van der Waals surface area contributed by atoms with Gasteiger partial charge in [-0.15, -0.1) is 0 Å². The van der Waals surface area contributed by atoms with Gasteiger partial charge in [-0.1, -0.05) is 19.9 Å². The Kier molecular flexibility index (Phi) is 4.00. The smallest absolute Gasteiger partial charge is 0.214 e. The number of rotatable bonds is 3. The fourth-order valence-corrected chi connectivity index (χ4v) is 4.24. The number of nitrogens with zero attached hydrogens (tertiary/aromatic N) is 2. The molecule has 1 aliphatic heterocycles. The van der Waals surface area contributed by atoms with Crippen molar-refractivity contribution in [3.8, 4) is 0 Å². The van der Waals surface area contributed by atoms with Crippen LogP contribution in [0.5, 0.6) is 0 Å². The van der Waals surface area contributed by atoms with Gasteiger partial charge in [-0.25, -0.2) is 4.98 Å². The van der Waals surface area contributed by atoms with Gasteiger partial charge in [0.25, 0.3) is 0 Å². The molecule has 0 N–H and O–H groups in total. The van der Waals surface area contributed by atoms with E-state index in [9.17, 15) is 8.60 Å². The molecule has 0 aromatic carbocycles. The first-order valence-electron chi connectivity index (χ1n) is 6.37. The van der Waals surface area contributed by atoms with Crippen LogP contribution in [0, 0.1) is 5.95 Å². The number of hydrogen-bond donors (Lipinski definition) is 0. The molecule has 1 atom stereocenters. The SMILES string of the molecule is CCC1(CC)CN(c2cccc(F)n2)CCS1=O. The van der Waals surface area contributed by atoms with E-state index in [-0.39, 0.29) is 4.75 Å². The van der Waals surface area contributed by atoms with Crippen LogP contribution < -0.4 is 4.90 Å². The van der Waals surface area contributed by atoms with Crippen molar-refractivity contribution in [1.82, 2.24) is 4.98 Å². The first-order valence-corrected chi connectivity index (χ1v) is 7.69. The van der Waals surface area contributed by atoms with Crippen LogP contribution >= 0.6 is 0 Å². The van der Waals surface area contributed by atoms with E-state index in [1.54, 1.807) is 6.07 Å². The van der Waals surface area contributed by atoms with Crippen LogP contribution in [0.15, 0.2) is 18.2 Å². The van der Waals surface area contributed by atoms with E-state index in [4.69, 9.17) is 0 Å². The zero-order chi connectivity index (χ0) is 13.2. The summed E-state index contributed by atoms with van der Waals surface area (Å²) >= 11 is 0. The Labute approximate surface area is 110 Å². The maximum absolute atomic E-state index is 13.2. The quantitative estimate of drug-likeness (QED) is 0.791. The molecule has 3 nitrogen and oxygen atoms in total. The normalized spacial score (nSPS) is 23.1. The zero-order valence-electron chi connectivity index (χ0n) is 10.9. The fourth-order valence-electron chi connectivity index (χ4n) is 2.47. The molecule has 2 heterocycles. The standard InChI is InChI=1S/C13H19FN2OS/c1-3-13(4-2)10-16(8-9-18(13)17)12-7-5-6-11(14)15-12/h5-7H,3-4,8-10H2,1-2H3. The Morgan fingerprint density at radius 3 is 2.78 bits per heavy atom. The maximum atomic E-state index is 13.2. The summed E-state index contributed by atoms with van der Waals surface area (Å²) in [6, 6.07) is 4.83. The van der Waals surface area contributed by atoms with Gasteiger partial charge in [0.2, 0.25) is 5.95 Å². The summed E-state index contributed by atoms with van der Waals surface area (Å²) in [6.07, 6.45) is 1.75. The summed E-state index contributed by atoms with van der Waals surface area (Å²) < 4.78 is 25.2. The van der Waals surface area contributed by atoms with E-state index in [0.717, 1.165) is 12.8 Å². The third kappa shape index (κ3) is 2.41. The lowest BCUT2D eigenvalue weighted by Gasteiger charge is -2.41. The van der Waals surface area contributed by atoms with Gasteiger partial charge in [0.15, 0.2) is 0 Å². The van der Waals surface area contributed by atoms with Gasteiger partial charge in [0.05, 0.1) is 4.75 Å². The van der Waals surface area contributed by atoms with Crippen molar-refractivity contribution >= 4 is 16.6 Å².